The Morgan fingerprint density at radius 3 is 2.64 bits per heavy atom. The van der Waals surface area contributed by atoms with Gasteiger partial charge in [0.2, 0.25) is 0 Å². The van der Waals surface area contributed by atoms with Gasteiger partial charge in [0, 0.05) is 12.8 Å². The van der Waals surface area contributed by atoms with Crippen molar-refractivity contribution in [2.24, 2.45) is 10.7 Å². The normalized spacial score (nSPS) is 15.0. The Kier molecular flexibility index (Phi) is 7.71. The molecule has 5 heteroatoms. The first kappa shape index (κ1) is 19.7. The molecular formula is C20H26IN3O. The van der Waals surface area contributed by atoms with Gasteiger partial charge in [0.1, 0.15) is 6.10 Å². The molecule has 1 aliphatic carbocycles. The molecule has 0 fully saturated rings. The number of anilines is 1. The van der Waals surface area contributed by atoms with Gasteiger partial charge in [-0.3, -0.25) is 4.99 Å². The van der Waals surface area contributed by atoms with E-state index in [2.05, 4.69) is 28.5 Å². The number of benzene rings is 2. The zero-order chi connectivity index (χ0) is 16.8. The summed E-state index contributed by atoms with van der Waals surface area (Å²) in [4.78, 5) is 4.47. The fourth-order valence-corrected chi connectivity index (χ4v) is 3.24. The predicted molar refractivity (Wildman–Crippen MR) is 115 cm³/mol. The zero-order valence-corrected chi connectivity index (χ0v) is 16.9. The van der Waals surface area contributed by atoms with Crippen LogP contribution in [0.25, 0.3) is 0 Å². The minimum absolute atomic E-state index is 0. The van der Waals surface area contributed by atoms with E-state index in [9.17, 15) is 0 Å². The largest absolute Gasteiger partial charge is 0.375 e. The van der Waals surface area contributed by atoms with Crippen molar-refractivity contribution in [2.45, 2.75) is 31.8 Å². The monoisotopic (exact) mass is 451 g/mol. The topological polar surface area (TPSA) is 59.6 Å². The summed E-state index contributed by atoms with van der Waals surface area (Å²) < 4.78 is 5.54. The highest BCUT2D eigenvalue weighted by Gasteiger charge is 2.14. The Labute approximate surface area is 166 Å². The van der Waals surface area contributed by atoms with Gasteiger partial charge in [0.15, 0.2) is 5.96 Å². The van der Waals surface area contributed by atoms with Crippen molar-refractivity contribution < 1.29 is 4.74 Å². The molecule has 0 saturated carbocycles. The van der Waals surface area contributed by atoms with Crippen LogP contribution >= 0.6 is 24.0 Å². The van der Waals surface area contributed by atoms with E-state index in [0.29, 0.717) is 12.5 Å². The summed E-state index contributed by atoms with van der Waals surface area (Å²) in [5.41, 5.74) is 11.1. The molecule has 0 bridgehead atoms. The molecule has 25 heavy (non-hydrogen) atoms. The van der Waals surface area contributed by atoms with Gasteiger partial charge >= 0.3 is 0 Å². The molecule has 3 N–H and O–H groups in total. The number of ether oxygens (including phenoxy) is 1. The van der Waals surface area contributed by atoms with Gasteiger partial charge in [-0.05, 0) is 48.4 Å². The molecule has 0 aromatic heterocycles. The molecule has 0 heterocycles. The fourth-order valence-electron chi connectivity index (χ4n) is 3.24. The Balaban J connectivity index is 0.00000225. The minimum Gasteiger partial charge on any atom is -0.375 e. The molecule has 2 aromatic carbocycles. The lowest BCUT2D eigenvalue weighted by atomic mass is 9.90. The van der Waals surface area contributed by atoms with Crippen molar-refractivity contribution in [3.8, 4) is 0 Å². The van der Waals surface area contributed by atoms with E-state index in [-0.39, 0.29) is 30.1 Å². The highest BCUT2D eigenvalue weighted by Crippen LogP contribution is 2.27. The Bertz CT molecular complexity index is 703. The molecule has 1 aliphatic rings. The smallest absolute Gasteiger partial charge is 0.193 e. The highest BCUT2D eigenvalue weighted by atomic mass is 127. The van der Waals surface area contributed by atoms with Crippen molar-refractivity contribution in [1.82, 2.24) is 0 Å². The van der Waals surface area contributed by atoms with Crippen LogP contribution in [0, 0.1) is 0 Å². The zero-order valence-electron chi connectivity index (χ0n) is 14.6. The Morgan fingerprint density at radius 2 is 1.88 bits per heavy atom. The standard InChI is InChI=1S/C20H25N3O.HI/c1-24-19(16-9-3-2-4-10-16)14-22-20(21)23-18-13-7-11-15-8-5-6-12-17(15)18;/h2-4,7,9-11,13,19H,5-6,8,12,14H2,1H3,(H3,21,22,23);1H. The van der Waals surface area contributed by atoms with Crippen LogP contribution in [0.2, 0.25) is 0 Å². The van der Waals surface area contributed by atoms with E-state index in [1.807, 2.05) is 30.3 Å². The summed E-state index contributed by atoms with van der Waals surface area (Å²) in [6.45, 7) is 0.494. The average molecular weight is 451 g/mol. The average Bonchev–Trinajstić information content (AvgIpc) is 2.63. The first-order valence-corrected chi connectivity index (χ1v) is 8.53. The first-order valence-electron chi connectivity index (χ1n) is 8.53. The molecule has 1 atom stereocenters. The number of methoxy groups -OCH3 is 1. The summed E-state index contributed by atoms with van der Waals surface area (Å²) >= 11 is 0. The summed E-state index contributed by atoms with van der Waals surface area (Å²) in [6, 6.07) is 16.5. The molecule has 3 rings (SSSR count). The number of nitrogens with one attached hydrogen (secondary N) is 1. The molecule has 2 aromatic rings. The van der Waals surface area contributed by atoms with E-state index in [4.69, 9.17) is 10.5 Å². The maximum atomic E-state index is 6.10. The fraction of sp³-hybridized carbons (Fsp3) is 0.350. The number of rotatable bonds is 5. The molecule has 0 radical (unpaired) electrons. The number of aryl methyl sites for hydroxylation is 1. The van der Waals surface area contributed by atoms with E-state index in [1.54, 1.807) is 7.11 Å². The molecule has 0 aliphatic heterocycles. The van der Waals surface area contributed by atoms with Crippen LogP contribution in [-0.2, 0) is 17.6 Å². The third-order valence-electron chi connectivity index (χ3n) is 4.54. The number of guanidine groups is 1. The van der Waals surface area contributed by atoms with Crippen LogP contribution in [0.1, 0.15) is 35.6 Å². The molecule has 4 nitrogen and oxygen atoms in total. The van der Waals surface area contributed by atoms with Gasteiger partial charge in [-0.2, -0.15) is 0 Å². The summed E-state index contributed by atoms with van der Waals surface area (Å²) in [5.74, 6) is 0.437. The molecule has 0 saturated heterocycles. The quantitative estimate of drug-likeness (QED) is 0.405. The van der Waals surface area contributed by atoms with E-state index < -0.39 is 0 Å². The van der Waals surface area contributed by atoms with E-state index in [1.165, 1.54) is 24.0 Å². The Hall–Kier alpha value is -1.60. The maximum absolute atomic E-state index is 6.10. The summed E-state index contributed by atoms with van der Waals surface area (Å²) in [5, 5.41) is 3.27. The third-order valence-corrected chi connectivity index (χ3v) is 4.54. The predicted octanol–water partition coefficient (Wildman–Crippen LogP) is 4.30. The van der Waals surface area contributed by atoms with Crippen molar-refractivity contribution in [3.05, 3.63) is 65.2 Å². The van der Waals surface area contributed by atoms with Gasteiger partial charge in [-0.15, -0.1) is 24.0 Å². The highest BCUT2D eigenvalue weighted by molar-refractivity contribution is 14.0. The van der Waals surface area contributed by atoms with E-state index >= 15 is 0 Å². The second-order valence-electron chi connectivity index (χ2n) is 6.14. The second kappa shape index (κ2) is 9.77. The lowest BCUT2D eigenvalue weighted by molar-refractivity contribution is 0.111. The number of aliphatic imine (C=N–C) groups is 1. The van der Waals surface area contributed by atoms with E-state index in [0.717, 1.165) is 24.1 Å². The van der Waals surface area contributed by atoms with Crippen LogP contribution in [-0.4, -0.2) is 19.6 Å². The minimum atomic E-state index is -0.0868. The lowest BCUT2D eigenvalue weighted by Gasteiger charge is -2.20. The third kappa shape index (κ3) is 5.19. The molecule has 134 valence electrons. The van der Waals surface area contributed by atoms with Crippen molar-refractivity contribution in [2.75, 3.05) is 19.0 Å². The number of hydrogen-bond donors (Lipinski definition) is 2. The van der Waals surface area contributed by atoms with Crippen LogP contribution in [0.5, 0.6) is 0 Å². The van der Waals surface area contributed by atoms with Crippen LogP contribution < -0.4 is 11.1 Å². The maximum Gasteiger partial charge on any atom is 0.193 e. The van der Waals surface area contributed by atoms with Gasteiger partial charge in [-0.25, -0.2) is 0 Å². The molecule has 1 unspecified atom stereocenters. The first-order chi connectivity index (χ1) is 11.8. The van der Waals surface area contributed by atoms with Crippen LogP contribution in [0.4, 0.5) is 5.69 Å². The van der Waals surface area contributed by atoms with Crippen molar-refractivity contribution in [3.63, 3.8) is 0 Å². The number of hydrogen-bond acceptors (Lipinski definition) is 2. The van der Waals surface area contributed by atoms with Gasteiger partial charge in [0.25, 0.3) is 0 Å². The van der Waals surface area contributed by atoms with Crippen LogP contribution in [0.15, 0.2) is 53.5 Å². The number of fused-ring (bicyclic) bond motifs is 1. The van der Waals surface area contributed by atoms with Crippen molar-refractivity contribution >= 4 is 35.6 Å². The SMILES string of the molecule is COC(CN=C(N)Nc1cccc2c1CCCC2)c1ccccc1.I. The number of nitrogens with zero attached hydrogens (tertiary/aromatic N) is 1. The molecule has 0 amide bonds. The summed E-state index contributed by atoms with van der Waals surface area (Å²) in [7, 11) is 1.70. The molecule has 0 spiro atoms. The van der Waals surface area contributed by atoms with Gasteiger partial charge in [0.05, 0.1) is 6.54 Å². The molecular weight excluding hydrogens is 425 g/mol. The number of halogens is 1. The van der Waals surface area contributed by atoms with Gasteiger partial charge in [-0.1, -0.05) is 42.5 Å². The lowest BCUT2D eigenvalue weighted by Crippen LogP contribution is -2.25. The van der Waals surface area contributed by atoms with Crippen molar-refractivity contribution in [1.29, 1.82) is 0 Å². The van der Waals surface area contributed by atoms with Gasteiger partial charge < -0.3 is 15.8 Å². The van der Waals surface area contributed by atoms with Crippen LogP contribution in [0.3, 0.4) is 0 Å². The summed E-state index contributed by atoms with van der Waals surface area (Å²) in [6.07, 6.45) is 4.68. The number of nitrogens with two attached hydrogens (primary N) is 1. The Morgan fingerprint density at radius 1 is 1.12 bits per heavy atom. The second-order valence-corrected chi connectivity index (χ2v) is 6.14.